The molecule has 0 unspecified atom stereocenters. The molecule has 5 nitrogen and oxygen atoms in total. The quantitative estimate of drug-likeness (QED) is 0.611. The van der Waals surface area contributed by atoms with E-state index in [1.54, 1.807) is 12.4 Å². The second kappa shape index (κ2) is 7.11. The van der Waals surface area contributed by atoms with Gasteiger partial charge in [0.2, 0.25) is 0 Å². The molecule has 0 spiro atoms. The summed E-state index contributed by atoms with van der Waals surface area (Å²) in [5.74, 6) is -0.0894. The Morgan fingerprint density at radius 3 is 2.58 bits per heavy atom. The largest absolute Gasteiger partial charge is 0.381 e. The number of carbonyl (C=O) groups is 1. The summed E-state index contributed by atoms with van der Waals surface area (Å²) in [6.45, 7) is 0.724. The topological polar surface area (TPSA) is 66.1 Å². The molecule has 128 valence electrons. The van der Waals surface area contributed by atoms with Gasteiger partial charge in [0.25, 0.3) is 5.91 Å². The van der Waals surface area contributed by atoms with Gasteiger partial charge in [0.15, 0.2) is 0 Å². The highest BCUT2D eigenvalue weighted by Crippen LogP contribution is 2.31. The summed E-state index contributed by atoms with van der Waals surface area (Å²) in [5, 5.41) is 9.42. The number of hydrogen-bond acceptors (Lipinski definition) is 4. The zero-order chi connectivity index (χ0) is 17.8. The maximum Gasteiger partial charge on any atom is 0.257 e. The lowest BCUT2D eigenvalue weighted by atomic mass is 10.1. The predicted octanol–water partition coefficient (Wildman–Crippen LogP) is 4.10. The molecule has 0 bridgehead atoms. The summed E-state index contributed by atoms with van der Waals surface area (Å²) in [6.07, 6.45) is 5.36. The molecule has 3 aromatic rings. The highest BCUT2D eigenvalue weighted by Gasteiger charge is 2.23. The van der Waals surface area contributed by atoms with E-state index in [-0.39, 0.29) is 5.91 Å². The minimum absolute atomic E-state index is 0.0894. The third kappa shape index (κ3) is 3.42. The smallest absolute Gasteiger partial charge is 0.257 e. The van der Waals surface area contributed by atoms with E-state index in [1.807, 2.05) is 66.9 Å². The number of benzene rings is 2. The van der Waals surface area contributed by atoms with E-state index in [2.05, 4.69) is 20.9 Å². The number of aromatic nitrogens is 1. The Bertz CT molecular complexity index is 949. The minimum atomic E-state index is -0.0894. The van der Waals surface area contributed by atoms with Gasteiger partial charge in [-0.05, 0) is 42.0 Å². The van der Waals surface area contributed by atoms with Crippen molar-refractivity contribution in [2.45, 2.75) is 6.54 Å². The van der Waals surface area contributed by atoms with Crippen molar-refractivity contribution < 1.29 is 4.79 Å². The molecule has 4 rings (SSSR count). The maximum absolute atomic E-state index is 12.1. The first kappa shape index (κ1) is 15.9. The summed E-state index contributed by atoms with van der Waals surface area (Å²) in [4.78, 5) is 16.2. The molecule has 1 amide bonds. The van der Waals surface area contributed by atoms with Crippen molar-refractivity contribution in [1.82, 2.24) is 4.98 Å². The van der Waals surface area contributed by atoms with Crippen LogP contribution >= 0.6 is 0 Å². The van der Waals surface area contributed by atoms with Crippen LogP contribution in [0.25, 0.3) is 5.57 Å². The first-order chi connectivity index (χ1) is 12.8. The molecular weight excluding hydrogens is 324 g/mol. The van der Waals surface area contributed by atoms with E-state index >= 15 is 0 Å². The van der Waals surface area contributed by atoms with Crippen molar-refractivity contribution in [3.8, 4) is 0 Å². The van der Waals surface area contributed by atoms with Gasteiger partial charge in [0.1, 0.15) is 0 Å². The Hall–Kier alpha value is -3.60. The fourth-order valence-electron chi connectivity index (χ4n) is 2.83. The molecule has 0 fully saturated rings. The van der Waals surface area contributed by atoms with E-state index in [4.69, 9.17) is 0 Å². The molecule has 0 atom stereocenters. The van der Waals surface area contributed by atoms with Gasteiger partial charge in [0, 0.05) is 47.8 Å². The van der Waals surface area contributed by atoms with Crippen molar-refractivity contribution >= 4 is 28.5 Å². The highest BCUT2D eigenvalue weighted by molar-refractivity contribution is 6.31. The molecule has 1 aliphatic rings. The summed E-state index contributed by atoms with van der Waals surface area (Å²) in [5.41, 5.74) is 5.47. The molecule has 5 heteroatoms. The van der Waals surface area contributed by atoms with Crippen LogP contribution in [0.4, 0.5) is 17.1 Å². The van der Waals surface area contributed by atoms with Crippen LogP contribution in [0.1, 0.15) is 11.1 Å². The van der Waals surface area contributed by atoms with Gasteiger partial charge >= 0.3 is 0 Å². The van der Waals surface area contributed by atoms with Crippen LogP contribution in [0.3, 0.4) is 0 Å². The second-order valence-electron chi connectivity index (χ2n) is 5.99. The van der Waals surface area contributed by atoms with Gasteiger partial charge in [0.05, 0.1) is 5.57 Å². The first-order valence-corrected chi connectivity index (χ1v) is 8.40. The van der Waals surface area contributed by atoms with Gasteiger partial charge < -0.3 is 16.0 Å². The van der Waals surface area contributed by atoms with Crippen LogP contribution in [-0.2, 0) is 11.3 Å². The number of carbonyl (C=O) groups excluding carboxylic acids is 1. The molecule has 3 N–H and O–H groups in total. The van der Waals surface area contributed by atoms with Crippen LogP contribution < -0.4 is 16.0 Å². The molecule has 0 saturated heterocycles. The number of fused-ring (bicyclic) bond motifs is 1. The fraction of sp³-hybridized carbons (Fsp3) is 0.0476. The van der Waals surface area contributed by atoms with Gasteiger partial charge in [-0.3, -0.25) is 9.78 Å². The van der Waals surface area contributed by atoms with Crippen molar-refractivity contribution in [2.75, 3.05) is 16.0 Å². The zero-order valence-electron chi connectivity index (χ0n) is 14.1. The molecular formula is C21H18N4O. The SMILES string of the molecule is O=C1Nc2ccccc2C1=CNc1ccc(NCc2cccnc2)cc1. The van der Waals surface area contributed by atoms with Gasteiger partial charge in [-0.2, -0.15) is 0 Å². The minimum Gasteiger partial charge on any atom is -0.381 e. The lowest BCUT2D eigenvalue weighted by molar-refractivity contribution is -0.110. The highest BCUT2D eigenvalue weighted by atomic mass is 16.2. The van der Waals surface area contributed by atoms with Crippen molar-refractivity contribution in [1.29, 1.82) is 0 Å². The number of pyridine rings is 1. The number of amides is 1. The van der Waals surface area contributed by atoms with Gasteiger partial charge in [-0.1, -0.05) is 24.3 Å². The Labute approximate surface area is 151 Å². The second-order valence-corrected chi connectivity index (χ2v) is 5.99. The third-order valence-corrected chi connectivity index (χ3v) is 4.20. The lowest BCUT2D eigenvalue weighted by Gasteiger charge is -2.08. The molecule has 1 aromatic heterocycles. The molecule has 0 radical (unpaired) electrons. The maximum atomic E-state index is 12.1. The van der Waals surface area contributed by atoms with Crippen LogP contribution in [0, 0.1) is 0 Å². The lowest BCUT2D eigenvalue weighted by Crippen LogP contribution is -2.05. The monoisotopic (exact) mass is 342 g/mol. The number of para-hydroxylation sites is 1. The molecule has 26 heavy (non-hydrogen) atoms. The molecule has 0 saturated carbocycles. The van der Waals surface area contributed by atoms with E-state index in [1.165, 1.54) is 0 Å². The number of nitrogens with zero attached hydrogens (tertiary/aromatic N) is 1. The Kier molecular flexibility index (Phi) is 4.35. The predicted molar refractivity (Wildman–Crippen MR) is 105 cm³/mol. The van der Waals surface area contributed by atoms with Gasteiger partial charge in [-0.25, -0.2) is 0 Å². The van der Waals surface area contributed by atoms with Crippen LogP contribution in [0.2, 0.25) is 0 Å². The summed E-state index contributed by atoms with van der Waals surface area (Å²) in [6, 6.07) is 19.6. The third-order valence-electron chi connectivity index (χ3n) is 4.20. The molecule has 0 aliphatic carbocycles. The van der Waals surface area contributed by atoms with Gasteiger partial charge in [-0.15, -0.1) is 0 Å². The number of rotatable bonds is 5. The van der Waals surface area contributed by atoms with E-state index < -0.39 is 0 Å². The molecule has 2 aromatic carbocycles. The number of nitrogens with one attached hydrogen (secondary N) is 3. The average molecular weight is 342 g/mol. The van der Waals surface area contributed by atoms with Crippen molar-refractivity contribution in [2.24, 2.45) is 0 Å². The molecule has 2 heterocycles. The van der Waals surface area contributed by atoms with Crippen LogP contribution in [-0.4, -0.2) is 10.9 Å². The van der Waals surface area contributed by atoms with Crippen LogP contribution in [0.15, 0.2) is 79.3 Å². The van der Waals surface area contributed by atoms with Crippen molar-refractivity contribution in [3.05, 3.63) is 90.4 Å². The number of anilines is 3. The number of hydrogen-bond donors (Lipinski definition) is 3. The fourth-order valence-corrected chi connectivity index (χ4v) is 2.83. The normalized spacial score (nSPS) is 14.0. The Balaban J connectivity index is 1.41. The average Bonchev–Trinajstić information content (AvgIpc) is 3.01. The summed E-state index contributed by atoms with van der Waals surface area (Å²) in [7, 11) is 0. The Morgan fingerprint density at radius 2 is 1.77 bits per heavy atom. The van der Waals surface area contributed by atoms with Crippen molar-refractivity contribution in [3.63, 3.8) is 0 Å². The summed E-state index contributed by atoms with van der Waals surface area (Å²) < 4.78 is 0. The van der Waals surface area contributed by atoms with E-state index in [9.17, 15) is 4.79 Å². The zero-order valence-corrected chi connectivity index (χ0v) is 14.1. The van der Waals surface area contributed by atoms with E-state index in [0.29, 0.717) is 5.57 Å². The molecule has 1 aliphatic heterocycles. The van der Waals surface area contributed by atoms with Crippen LogP contribution in [0.5, 0.6) is 0 Å². The first-order valence-electron chi connectivity index (χ1n) is 8.40. The van der Waals surface area contributed by atoms with E-state index in [0.717, 1.165) is 34.7 Å². The summed E-state index contributed by atoms with van der Waals surface area (Å²) >= 11 is 0. The standard InChI is InChI=1S/C21H18N4O/c26-21-19(18-5-1-2-6-20(18)25-21)14-24-17-9-7-16(8-10-17)23-13-15-4-3-11-22-12-15/h1-12,14,23-24H,13H2,(H,25,26). The Morgan fingerprint density at radius 1 is 0.962 bits per heavy atom.